The van der Waals surface area contributed by atoms with Gasteiger partial charge in [-0.2, -0.15) is 0 Å². The van der Waals surface area contributed by atoms with E-state index in [1.807, 2.05) is 0 Å². The lowest BCUT2D eigenvalue weighted by atomic mass is 10.3. The van der Waals surface area contributed by atoms with Crippen LogP contribution in [-0.2, 0) is 4.79 Å². The second-order valence-electron chi connectivity index (χ2n) is 2.62. The number of nitrogens with one attached hydrogen (secondary N) is 1. The Morgan fingerprint density at radius 2 is 2.27 bits per heavy atom. The number of carboxylic acid groups (broad SMARTS) is 1. The van der Waals surface area contributed by atoms with Crippen LogP contribution in [0.3, 0.4) is 0 Å². The van der Waals surface area contributed by atoms with Gasteiger partial charge in [0.15, 0.2) is 0 Å². The number of benzene rings is 1. The number of nitro groups is 1. The van der Waals surface area contributed by atoms with Crippen molar-refractivity contribution in [3.05, 3.63) is 46.7 Å². The van der Waals surface area contributed by atoms with Crippen LogP contribution in [0.1, 0.15) is 0 Å². The van der Waals surface area contributed by atoms with E-state index in [1.54, 1.807) is 6.07 Å². The number of carbonyl (C=O) groups is 1. The summed E-state index contributed by atoms with van der Waals surface area (Å²) < 4.78 is 0. The van der Waals surface area contributed by atoms with Crippen molar-refractivity contribution in [2.75, 3.05) is 5.32 Å². The zero-order valence-electron chi connectivity index (χ0n) is 7.58. The lowest BCUT2D eigenvalue weighted by molar-refractivity contribution is -0.384. The minimum Gasteiger partial charge on any atom is -0.478 e. The second-order valence-corrected chi connectivity index (χ2v) is 2.62. The first-order valence-electron chi connectivity index (χ1n) is 4.00. The van der Waals surface area contributed by atoms with E-state index in [9.17, 15) is 14.9 Å². The number of rotatable bonds is 4. The summed E-state index contributed by atoms with van der Waals surface area (Å²) in [4.78, 5) is 20.0. The van der Waals surface area contributed by atoms with Gasteiger partial charge in [0, 0.05) is 30.1 Å². The largest absolute Gasteiger partial charge is 0.478 e. The van der Waals surface area contributed by atoms with Gasteiger partial charge in [0.2, 0.25) is 0 Å². The highest BCUT2D eigenvalue weighted by atomic mass is 16.6. The van der Waals surface area contributed by atoms with Crippen LogP contribution in [0.4, 0.5) is 11.4 Å². The van der Waals surface area contributed by atoms with E-state index in [1.165, 1.54) is 24.4 Å². The van der Waals surface area contributed by atoms with E-state index in [2.05, 4.69) is 5.32 Å². The van der Waals surface area contributed by atoms with Crippen LogP contribution < -0.4 is 5.32 Å². The lowest BCUT2D eigenvalue weighted by Crippen LogP contribution is -1.93. The number of anilines is 1. The molecule has 0 saturated heterocycles. The minimum atomic E-state index is -1.09. The molecule has 78 valence electrons. The van der Waals surface area contributed by atoms with E-state index in [4.69, 9.17) is 5.11 Å². The van der Waals surface area contributed by atoms with Crippen molar-refractivity contribution < 1.29 is 14.8 Å². The van der Waals surface area contributed by atoms with Crippen molar-refractivity contribution in [3.63, 3.8) is 0 Å². The normalized spacial score (nSPS) is 10.1. The quantitative estimate of drug-likeness (QED) is 0.445. The summed E-state index contributed by atoms with van der Waals surface area (Å²) in [6, 6.07) is 5.77. The fraction of sp³-hybridized carbons (Fsp3) is 0. The zero-order valence-corrected chi connectivity index (χ0v) is 7.58. The van der Waals surface area contributed by atoms with Gasteiger partial charge >= 0.3 is 5.97 Å². The molecule has 1 aromatic carbocycles. The average Bonchev–Trinajstić information content (AvgIpc) is 2.17. The van der Waals surface area contributed by atoms with Crippen molar-refractivity contribution in [2.24, 2.45) is 0 Å². The van der Waals surface area contributed by atoms with E-state index < -0.39 is 10.9 Å². The van der Waals surface area contributed by atoms with Gasteiger partial charge in [0.25, 0.3) is 5.69 Å². The van der Waals surface area contributed by atoms with Crippen LogP contribution >= 0.6 is 0 Å². The van der Waals surface area contributed by atoms with Crippen molar-refractivity contribution in [1.29, 1.82) is 0 Å². The van der Waals surface area contributed by atoms with E-state index >= 15 is 0 Å². The standard InChI is InChI=1S/C9H8N2O4/c12-9(13)4-5-10-7-2-1-3-8(6-7)11(14)15/h1-6,10H,(H,12,13). The molecule has 0 heterocycles. The average molecular weight is 208 g/mol. The Morgan fingerprint density at radius 3 is 2.87 bits per heavy atom. The molecule has 1 rings (SSSR count). The highest BCUT2D eigenvalue weighted by Gasteiger charge is 2.03. The number of non-ortho nitro benzene ring substituents is 1. The number of aliphatic carboxylic acids is 1. The number of hydrogen-bond donors (Lipinski definition) is 2. The molecule has 0 radical (unpaired) electrons. The topological polar surface area (TPSA) is 92.5 Å². The Balaban J connectivity index is 2.74. The number of nitro benzene ring substituents is 1. The molecule has 0 aliphatic heterocycles. The molecular formula is C9H8N2O4. The predicted molar refractivity (Wildman–Crippen MR) is 53.5 cm³/mol. The van der Waals surface area contributed by atoms with Crippen molar-refractivity contribution in [1.82, 2.24) is 0 Å². The van der Waals surface area contributed by atoms with Gasteiger partial charge in [0.05, 0.1) is 4.92 Å². The molecule has 0 aromatic heterocycles. The summed E-state index contributed by atoms with van der Waals surface area (Å²) in [7, 11) is 0. The molecule has 2 N–H and O–H groups in total. The Kier molecular flexibility index (Phi) is 3.39. The highest BCUT2D eigenvalue weighted by molar-refractivity contribution is 5.80. The molecule has 0 unspecified atom stereocenters. The lowest BCUT2D eigenvalue weighted by Gasteiger charge is -1.98. The molecule has 0 atom stereocenters. The Morgan fingerprint density at radius 1 is 1.53 bits per heavy atom. The molecule has 0 amide bonds. The molecule has 0 saturated carbocycles. The SMILES string of the molecule is O=C(O)C=CNc1cccc([N+](=O)[O-])c1. The first-order valence-corrected chi connectivity index (χ1v) is 4.00. The summed E-state index contributed by atoms with van der Waals surface area (Å²) in [6.07, 6.45) is 2.10. The van der Waals surface area contributed by atoms with Gasteiger partial charge in [-0.25, -0.2) is 4.79 Å². The van der Waals surface area contributed by atoms with Crippen LogP contribution in [-0.4, -0.2) is 16.0 Å². The molecule has 0 aliphatic rings. The minimum absolute atomic E-state index is 0.0521. The molecule has 6 nitrogen and oxygen atoms in total. The first-order chi connectivity index (χ1) is 7.09. The molecular weight excluding hydrogens is 200 g/mol. The van der Waals surface area contributed by atoms with Gasteiger partial charge in [-0.15, -0.1) is 0 Å². The molecule has 0 bridgehead atoms. The molecule has 15 heavy (non-hydrogen) atoms. The highest BCUT2D eigenvalue weighted by Crippen LogP contribution is 2.16. The van der Waals surface area contributed by atoms with E-state index in [0.29, 0.717) is 5.69 Å². The van der Waals surface area contributed by atoms with Crippen LogP contribution in [0.15, 0.2) is 36.5 Å². The monoisotopic (exact) mass is 208 g/mol. The third-order valence-electron chi connectivity index (χ3n) is 1.53. The van der Waals surface area contributed by atoms with Crippen LogP contribution in [0.2, 0.25) is 0 Å². The maximum absolute atomic E-state index is 10.4. The Bertz CT molecular complexity index is 414. The fourth-order valence-corrected chi connectivity index (χ4v) is 0.918. The molecule has 0 spiro atoms. The smallest absolute Gasteiger partial charge is 0.329 e. The van der Waals surface area contributed by atoms with Crippen molar-refractivity contribution in [2.45, 2.75) is 0 Å². The maximum atomic E-state index is 10.4. The van der Waals surface area contributed by atoms with Gasteiger partial charge in [-0.05, 0) is 6.07 Å². The molecule has 6 heteroatoms. The van der Waals surface area contributed by atoms with Gasteiger partial charge in [-0.3, -0.25) is 10.1 Å². The van der Waals surface area contributed by atoms with Gasteiger partial charge in [0.1, 0.15) is 0 Å². The summed E-state index contributed by atoms with van der Waals surface area (Å²) in [5.74, 6) is -1.09. The summed E-state index contributed by atoms with van der Waals surface area (Å²) >= 11 is 0. The summed E-state index contributed by atoms with van der Waals surface area (Å²) in [6.45, 7) is 0. The van der Waals surface area contributed by atoms with Crippen LogP contribution in [0, 0.1) is 10.1 Å². The van der Waals surface area contributed by atoms with Crippen LogP contribution in [0.25, 0.3) is 0 Å². The fourth-order valence-electron chi connectivity index (χ4n) is 0.918. The Labute approximate surface area is 85.0 Å². The van der Waals surface area contributed by atoms with Crippen molar-refractivity contribution >= 4 is 17.3 Å². The third kappa shape index (κ3) is 3.47. The van der Waals surface area contributed by atoms with E-state index in [0.717, 1.165) is 6.08 Å². The van der Waals surface area contributed by atoms with E-state index in [-0.39, 0.29) is 5.69 Å². The molecule has 0 aliphatic carbocycles. The summed E-state index contributed by atoms with van der Waals surface area (Å²) in [5.41, 5.74) is 0.408. The maximum Gasteiger partial charge on any atom is 0.329 e. The van der Waals surface area contributed by atoms with Crippen LogP contribution in [0.5, 0.6) is 0 Å². The Hall–Kier alpha value is -2.37. The number of carboxylic acids is 1. The number of hydrogen-bond acceptors (Lipinski definition) is 4. The third-order valence-corrected chi connectivity index (χ3v) is 1.53. The zero-order chi connectivity index (χ0) is 11.3. The molecule has 0 fully saturated rings. The second kappa shape index (κ2) is 4.75. The predicted octanol–water partition coefficient (Wildman–Crippen LogP) is 1.60. The van der Waals surface area contributed by atoms with Gasteiger partial charge in [-0.1, -0.05) is 6.07 Å². The van der Waals surface area contributed by atoms with Gasteiger partial charge < -0.3 is 10.4 Å². The summed E-state index contributed by atoms with van der Waals surface area (Å²) in [5, 5.41) is 21.3. The molecule has 1 aromatic rings. The number of nitrogens with zero attached hydrogens (tertiary/aromatic N) is 1. The van der Waals surface area contributed by atoms with Crippen molar-refractivity contribution in [3.8, 4) is 0 Å². The first kappa shape index (κ1) is 10.7.